The Kier molecular flexibility index (Phi) is 6.31. The minimum absolute atomic E-state index is 0.112. The molecule has 1 fully saturated rings. The van der Waals surface area contributed by atoms with E-state index in [-0.39, 0.29) is 39.0 Å². The number of ketones is 1. The summed E-state index contributed by atoms with van der Waals surface area (Å²) in [5, 5.41) is 0.752. The molecule has 3 N–H and O–H groups in total. The second kappa shape index (κ2) is 9.44. The Balaban J connectivity index is 1.51. The highest BCUT2D eigenvalue weighted by Crippen LogP contribution is 2.36. The third kappa shape index (κ3) is 4.38. The number of nitrogens with one attached hydrogen (secondary N) is 1. The maximum absolute atomic E-state index is 13.6. The topological polar surface area (TPSA) is 129 Å². The van der Waals surface area contributed by atoms with Gasteiger partial charge in [0.05, 0.1) is 18.1 Å². The molecule has 4 aromatic rings. The Bertz CT molecular complexity index is 1580. The lowest BCUT2D eigenvalue weighted by Crippen LogP contribution is -2.14. The molecule has 0 saturated heterocycles. The summed E-state index contributed by atoms with van der Waals surface area (Å²) in [6.45, 7) is 0. The van der Waals surface area contributed by atoms with Crippen molar-refractivity contribution in [1.82, 2.24) is 14.5 Å². The monoisotopic (exact) mass is 525 g/mol. The Morgan fingerprint density at radius 3 is 2.69 bits per heavy atom. The van der Waals surface area contributed by atoms with Crippen LogP contribution in [0.4, 0.5) is 11.5 Å². The van der Waals surface area contributed by atoms with Gasteiger partial charge in [0.2, 0.25) is 0 Å². The van der Waals surface area contributed by atoms with Crippen molar-refractivity contribution in [3.05, 3.63) is 71.1 Å². The van der Waals surface area contributed by atoms with Crippen LogP contribution in [-0.4, -0.2) is 35.8 Å². The number of benzene rings is 2. The summed E-state index contributed by atoms with van der Waals surface area (Å²) in [6.07, 6.45) is 7.44. The molecule has 11 heteroatoms. The lowest BCUT2D eigenvalue weighted by atomic mass is 10.0. The maximum Gasteiger partial charge on any atom is 0.265 e. The summed E-state index contributed by atoms with van der Waals surface area (Å²) in [5.41, 5.74) is 7.69. The highest BCUT2D eigenvalue weighted by atomic mass is 35.5. The minimum atomic E-state index is -4.05. The molecule has 0 atom stereocenters. The molecule has 0 radical (unpaired) electrons. The minimum Gasteiger partial charge on any atom is -0.495 e. The van der Waals surface area contributed by atoms with Gasteiger partial charge in [-0.05, 0) is 43.2 Å². The van der Waals surface area contributed by atoms with E-state index in [0.29, 0.717) is 22.2 Å². The van der Waals surface area contributed by atoms with Crippen molar-refractivity contribution in [3.63, 3.8) is 0 Å². The van der Waals surface area contributed by atoms with Crippen LogP contribution >= 0.6 is 11.6 Å². The summed E-state index contributed by atoms with van der Waals surface area (Å²) in [4.78, 5) is 22.0. The zero-order chi connectivity index (χ0) is 25.4. The first kappa shape index (κ1) is 24.1. The third-order valence-corrected chi connectivity index (χ3v) is 8.03. The second-order valence-electron chi connectivity index (χ2n) is 8.66. The number of ether oxygens (including phenoxy) is 1. The van der Waals surface area contributed by atoms with Gasteiger partial charge >= 0.3 is 0 Å². The van der Waals surface area contributed by atoms with Crippen LogP contribution in [0.3, 0.4) is 0 Å². The molecule has 0 amide bonds. The lowest BCUT2D eigenvalue weighted by molar-refractivity contribution is 0.104. The number of fused-ring (bicyclic) bond motifs is 1. The van der Waals surface area contributed by atoms with Crippen molar-refractivity contribution in [2.24, 2.45) is 0 Å². The third-order valence-electron chi connectivity index (χ3n) is 6.39. The summed E-state index contributed by atoms with van der Waals surface area (Å²) < 4.78 is 35.9. The van der Waals surface area contributed by atoms with E-state index >= 15 is 0 Å². The van der Waals surface area contributed by atoms with Crippen LogP contribution in [0.2, 0.25) is 5.02 Å². The van der Waals surface area contributed by atoms with Gasteiger partial charge in [-0.25, -0.2) is 18.4 Å². The summed E-state index contributed by atoms with van der Waals surface area (Å²) in [7, 11) is -2.67. The van der Waals surface area contributed by atoms with Gasteiger partial charge in [0.15, 0.2) is 5.78 Å². The fourth-order valence-electron chi connectivity index (χ4n) is 4.69. The number of halogens is 1. The van der Waals surface area contributed by atoms with Gasteiger partial charge in [-0.15, -0.1) is 0 Å². The highest BCUT2D eigenvalue weighted by Gasteiger charge is 2.26. The van der Waals surface area contributed by atoms with Gasteiger partial charge in [0, 0.05) is 28.5 Å². The molecule has 0 unspecified atom stereocenters. The molecule has 1 saturated carbocycles. The van der Waals surface area contributed by atoms with Crippen molar-refractivity contribution in [2.75, 3.05) is 17.6 Å². The number of hydrogen-bond acceptors (Lipinski definition) is 7. The zero-order valence-corrected chi connectivity index (χ0v) is 21.0. The first-order valence-corrected chi connectivity index (χ1v) is 13.3. The quantitative estimate of drug-likeness (QED) is 0.331. The first-order chi connectivity index (χ1) is 17.3. The number of nitrogens with two attached hydrogens (primary N) is 1. The molecule has 186 valence electrons. The van der Waals surface area contributed by atoms with E-state index in [9.17, 15) is 13.2 Å². The fourth-order valence-corrected chi connectivity index (χ4v) is 6.17. The number of hydrogen-bond donors (Lipinski definition) is 2. The van der Waals surface area contributed by atoms with Gasteiger partial charge in [-0.2, -0.15) is 0 Å². The van der Waals surface area contributed by atoms with Crippen molar-refractivity contribution in [2.45, 2.75) is 36.6 Å². The molecule has 1 aliphatic rings. The van der Waals surface area contributed by atoms with Gasteiger partial charge in [-0.3, -0.25) is 9.52 Å². The van der Waals surface area contributed by atoms with Crippen LogP contribution in [0.5, 0.6) is 5.75 Å². The van der Waals surface area contributed by atoms with E-state index in [4.69, 9.17) is 22.1 Å². The van der Waals surface area contributed by atoms with E-state index in [1.807, 2.05) is 4.57 Å². The molecule has 9 nitrogen and oxygen atoms in total. The van der Waals surface area contributed by atoms with Crippen LogP contribution in [-0.2, 0) is 10.0 Å². The average molecular weight is 526 g/mol. The number of sulfonamides is 1. The molecule has 0 spiro atoms. The summed E-state index contributed by atoms with van der Waals surface area (Å²) in [5.74, 6) is 0.0685. The molecule has 2 aromatic carbocycles. The lowest BCUT2D eigenvalue weighted by Gasteiger charge is -2.12. The molecule has 2 heterocycles. The predicted molar refractivity (Wildman–Crippen MR) is 138 cm³/mol. The van der Waals surface area contributed by atoms with Crippen molar-refractivity contribution in [1.29, 1.82) is 0 Å². The largest absolute Gasteiger partial charge is 0.495 e. The highest BCUT2D eigenvalue weighted by molar-refractivity contribution is 7.92. The normalized spacial score (nSPS) is 14.3. The Morgan fingerprint density at radius 1 is 1.17 bits per heavy atom. The molecule has 36 heavy (non-hydrogen) atoms. The molecule has 5 rings (SSSR count). The van der Waals surface area contributed by atoms with Crippen molar-refractivity contribution < 1.29 is 17.9 Å². The van der Waals surface area contributed by atoms with E-state index in [1.165, 1.54) is 37.7 Å². The average Bonchev–Trinajstić information content (AvgIpc) is 3.52. The fraction of sp³-hybridized carbons (Fsp3) is 0.240. The standard InChI is InChI=1S/C25H24ClN5O4S/c1-35-20-10-9-16(26)12-21(20)36(33,34)30-17-6-4-5-15(11-17)23(32)19-13-31(18-7-2-3-8-18)25-22(19)24(27)28-14-29-25/h4-6,9-14,18,30H,2-3,7-8H2,1H3,(H2,27,28,29). The van der Waals surface area contributed by atoms with Gasteiger partial charge < -0.3 is 15.0 Å². The van der Waals surface area contributed by atoms with Gasteiger partial charge in [-0.1, -0.05) is 36.6 Å². The molecular formula is C25H24ClN5O4S. The SMILES string of the molecule is COc1ccc(Cl)cc1S(=O)(=O)Nc1cccc(C(=O)c2cn(C3CCCC3)c3ncnc(N)c23)c1. The Labute approximate surface area is 213 Å². The molecule has 0 aliphatic heterocycles. The smallest absolute Gasteiger partial charge is 0.265 e. The molecular weight excluding hydrogens is 502 g/mol. The van der Waals surface area contributed by atoms with Crippen LogP contribution in [0, 0.1) is 0 Å². The molecule has 1 aliphatic carbocycles. The zero-order valence-electron chi connectivity index (χ0n) is 19.4. The van der Waals surface area contributed by atoms with Crippen molar-refractivity contribution in [3.8, 4) is 5.75 Å². The van der Waals surface area contributed by atoms with Crippen LogP contribution < -0.4 is 15.2 Å². The molecule has 2 aromatic heterocycles. The van der Waals surface area contributed by atoms with Gasteiger partial charge in [0.25, 0.3) is 10.0 Å². The number of nitrogen functional groups attached to an aromatic ring is 1. The van der Waals surface area contributed by atoms with E-state index in [2.05, 4.69) is 14.7 Å². The number of methoxy groups -OCH3 is 1. The number of carbonyl (C=O) groups excluding carboxylic acids is 1. The van der Waals surface area contributed by atoms with E-state index in [0.717, 1.165) is 25.7 Å². The van der Waals surface area contributed by atoms with Crippen molar-refractivity contribution >= 4 is 49.9 Å². The molecule has 0 bridgehead atoms. The number of aromatic nitrogens is 3. The number of carbonyl (C=O) groups is 1. The van der Waals surface area contributed by atoms with Gasteiger partial charge in [0.1, 0.15) is 28.4 Å². The number of anilines is 2. The first-order valence-electron chi connectivity index (χ1n) is 11.4. The number of nitrogens with zero attached hydrogens (tertiary/aromatic N) is 3. The Morgan fingerprint density at radius 2 is 1.94 bits per heavy atom. The van der Waals surface area contributed by atoms with Crippen LogP contribution in [0.1, 0.15) is 47.6 Å². The summed E-state index contributed by atoms with van der Waals surface area (Å²) >= 11 is 6.01. The van der Waals surface area contributed by atoms with E-state index < -0.39 is 10.0 Å². The number of rotatable bonds is 7. The van der Waals surface area contributed by atoms with Crippen LogP contribution in [0.25, 0.3) is 11.0 Å². The summed E-state index contributed by atoms with van der Waals surface area (Å²) in [6, 6.07) is 10.8. The van der Waals surface area contributed by atoms with E-state index in [1.54, 1.807) is 24.4 Å². The predicted octanol–water partition coefficient (Wildman–Crippen LogP) is 4.82. The maximum atomic E-state index is 13.6. The van der Waals surface area contributed by atoms with Crippen LogP contribution in [0.15, 0.2) is 59.9 Å². The second-order valence-corrected chi connectivity index (χ2v) is 10.7. The Hall–Kier alpha value is -3.63.